The number of aromatic nitrogens is 2. The maximum atomic E-state index is 5.36. The van der Waals surface area contributed by atoms with Crippen molar-refractivity contribution in [2.45, 2.75) is 0 Å². The van der Waals surface area contributed by atoms with E-state index in [1.54, 1.807) is 0 Å². The first-order chi connectivity index (χ1) is 26.8. The van der Waals surface area contributed by atoms with E-state index in [9.17, 15) is 0 Å². The van der Waals surface area contributed by atoms with E-state index in [1.807, 2.05) is 0 Å². The first-order valence-electron chi connectivity index (χ1n) is 18.5. The molecule has 0 amide bonds. The van der Waals surface area contributed by atoms with Gasteiger partial charge in [0.15, 0.2) is 0 Å². The van der Waals surface area contributed by atoms with Crippen molar-refractivity contribution < 1.29 is 0 Å². The Morgan fingerprint density at radius 3 is 1.65 bits per heavy atom. The monoisotopic (exact) mass is 687 g/mol. The summed E-state index contributed by atoms with van der Waals surface area (Å²) < 4.78 is 2.39. The lowest BCUT2D eigenvalue weighted by atomic mass is 9.96. The SMILES string of the molecule is c1ccc(-n2c3ccccc3c3c4c(ccc32)c(-c2ccc(N(c3ccc5ccccc5c3)c3ccc5ccccc5c3)cc2)nc2ccccc24)cc1. The van der Waals surface area contributed by atoms with E-state index in [0.717, 1.165) is 50.3 Å². The van der Waals surface area contributed by atoms with Crippen molar-refractivity contribution in [3.63, 3.8) is 0 Å². The van der Waals surface area contributed by atoms with Gasteiger partial charge >= 0.3 is 0 Å². The van der Waals surface area contributed by atoms with E-state index >= 15 is 0 Å². The second-order valence-corrected chi connectivity index (χ2v) is 14.0. The van der Waals surface area contributed by atoms with Crippen LogP contribution in [0, 0.1) is 0 Å². The number of hydrogen-bond donors (Lipinski definition) is 0. The predicted molar refractivity (Wildman–Crippen MR) is 229 cm³/mol. The minimum absolute atomic E-state index is 0.983. The first-order valence-corrected chi connectivity index (χ1v) is 18.5. The van der Waals surface area contributed by atoms with Crippen LogP contribution in [-0.2, 0) is 0 Å². The van der Waals surface area contributed by atoms with E-state index in [4.69, 9.17) is 4.98 Å². The molecule has 0 spiro atoms. The molecule has 0 radical (unpaired) electrons. The number of benzene rings is 9. The van der Waals surface area contributed by atoms with Crippen LogP contribution in [0.2, 0.25) is 0 Å². The van der Waals surface area contributed by atoms with Gasteiger partial charge in [-0.1, -0.05) is 133 Å². The van der Waals surface area contributed by atoms with Crippen molar-refractivity contribution in [3.8, 4) is 16.9 Å². The molecule has 0 N–H and O–H groups in total. The topological polar surface area (TPSA) is 21.1 Å². The fraction of sp³-hybridized carbons (Fsp3) is 0. The van der Waals surface area contributed by atoms with Gasteiger partial charge in [0.1, 0.15) is 0 Å². The summed E-state index contributed by atoms with van der Waals surface area (Å²) >= 11 is 0. The third-order valence-electron chi connectivity index (χ3n) is 10.9. The predicted octanol–water partition coefficient (Wildman–Crippen LogP) is 13.9. The molecule has 11 aromatic rings. The zero-order valence-electron chi connectivity index (χ0n) is 29.4. The highest BCUT2D eigenvalue weighted by molar-refractivity contribution is 6.29. The quantitative estimate of drug-likeness (QED) is 0.168. The number of hydrogen-bond acceptors (Lipinski definition) is 2. The van der Waals surface area contributed by atoms with Crippen LogP contribution in [0.15, 0.2) is 200 Å². The molecule has 11 rings (SSSR count). The molecule has 9 aromatic carbocycles. The molecule has 252 valence electrons. The zero-order chi connectivity index (χ0) is 35.6. The molecule has 0 aliphatic heterocycles. The average Bonchev–Trinajstić information content (AvgIpc) is 3.58. The van der Waals surface area contributed by atoms with Gasteiger partial charge < -0.3 is 9.47 Å². The van der Waals surface area contributed by atoms with Crippen LogP contribution in [0.5, 0.6) is 0 Å². The van der Waals surface area contributed by atoms with Gasteiger partial charge in [0, 0.05) is 55.2 Å². The number of anilines is 3. The summed E-state index contributed by atoms with van der Waals surface area (Å²) in [5.74, 6) is 0. The van der Waals surface area contributed by atoms with Crippen LogP contribution in [0.3, 0.4) is 0 Å². The molecule has 0 atom stereocenters. The highest BCUT2D eigenvalue weighted by atomic mass is 15.1. The average molecular weight is 688 g/mol. The van der Waals surface area contributed by atoms with Crippen LogP contribution in [-0.4, -0.2) is 9.55 Å². The molecular formula is C51H33N3. The van der Waals surface area contributed by atoms with Crippen molar-refractivity contribution in [1.29, 1.82) is 0 Å². The van der Waals surface area contributed by atoms with Crippen molar-refractivity contribution in [3.05, 3.63) is 200 Å². The maximum absolute atomic E-state index is 5.36. The standard InChI is InChI=1S/C51H33N3/c1-2-16-39(17-3-1)54-47-21-11-9-19-44(47)50-48(54)31-30-45-49(50)43-18-8-10-20-46(43)52-51(45)36-24-26-40(27-25-36)53(41-28-22-34-12-4-6-14-37(34)32-41)42-29-23-35-13-5-7-15-38(35)33-42/h1-33H. The van der Waals surface area contributed by atoms with Crippen molar-refractivity contribution in [2.75, 3.05) is 4.90 Å². The van der Waals surface area contributed by atoms with Crippen molar-refractivity contribution in [2.24, 2.45) is 0 Å². The molecule has 0 saturated heterocycles. The van der Waals surface area contributed by atoms with Gasteiger partial charge in [-0.05, 0) is 88.3 Å². The highest BCUT2D eigenvalue weighted by Crippen LogP contribution is 2.43. The van der Waals surface area contributed by atoms with Gasteiger partial charge in [0.2, 0.25) is 0 Å². The lowest BCUT2D eigenvalue weighted by Crippen LogP contribution is -2.10. The Morgan fingerprint density at radius 1 is 0.370 bits per heavy atom. The minimum Gasteiger partial charge on any atom is -0.310 e. The van der Waals surface area contributed by atoms with Gasteiger partial charge in [-0.3, -0.25) is 0 Å². The lowest BCUT2D eigenvalue weighted by Gasteiger charge is -2.26. The summed E-state index contributed by atoms with van der Waals surface area (Å²) in [6.45, 7) is 0. The molecule has 0 fully saturated rings. The Labute approximate surface area is 312 Å². The normalized spacial score (nSPS) is 11.7. The van der Waals surface area contributed by atoms with Crippen LogP contribution in [0.1, 0.15) is 0 Å². The second kappa shape index (κ2) is 12.2. The van der Waals surface area contributed by atoms with Gasteiger partial charge in [-0.25, -0.2) is 4.98 Å². The number of pyridine rings is 1. The van der Waals surface area contributed by atoms with Crippen LogP contribution in [0.4, 0.5) is 17.1 Å². The summed E-state index contributed by atoms with van der Waals surface area (Å²) in [6, 6.07) is 72.1. The Hall–Kier alpha value is -7.23. The highest BCUT2D eigenvalue weighted by Gasteiger charge is 2.20. The third-order valence-corrected chi connectivity index (χ3v) is 10.9. The van der Waals surface area contributed by atoms with E-state index in [2.05, 4.69) is 210 Å². The van der Waals surface area contributed by atoms with E-state index in [0.29, 0.717) is 0 Å². The van der Waals surface area contributed by atoms with Crippen molar-refractivity contribution >= 4 is 82.1 Å². The molecule has 0 saturated carbocycles. The summed E-state index contributed by atoms with van der Waals surface area (Å²) in [6.07, 6.45) is 0. The summed E-state index contributed by atoms with van der Waals surface area (Å²) in [5.41, 5.74) is 9.90. The van der Waals surface area contributed by atoms with Gasteiger partial charge in [0.25, 0.3) is 0 Å². The third kappa shape index (κ3) is 4.79. The molecule has 0 aliphatic rings. The molecular weight excluding hydrogens is 655 g/mol. The molecule has 3 heteroatoms. The Balaban J connectivity index is 1.12. The molecule has 54 heavy (non-hydrogen) atoms. The molecule has 0 aliphatic carbocycles. The smallest absolute Gasteiger partial charge is 0.0788 e. The number of para-hydroxylation sites is 3. The molecule has 0 unspecified atom stereocenters. The van der Waals surface area contributed by atoms with Crippen LogP contribution in [0.25, 0.3) is 82.0 Å². The zero-order valence-corrected chi connectivity index (χ0v) is 29.4. The van der Waals surface area contributed by atoms with Crippen LogP contribution >= 0.6 is 0 Å². The number of nitrogens with zero attached hydrogens (tertiary/aromatic N) is 3. The van der Waals surface area contributed by atoms with Crippen molar-refractivity contribution in [1.82, 2.24) is 9.55 Å². The summed E-state index contributed by atoms with van der Waals surface area (Å²) in [4.78, 5) is 7.72. The van der Waals surface area contributed by atoms with Crippen LogP contribution < -0.4 is 4.90 Å². The molecule has 0 bridgehead atoms. The fourth-order valence-electron chi connectivity index (χ4n) is 8.42. The van der Waals surface area contributed by atoms with Gasteiger partial charge in [0.05, 0.1) is 22.2 Å². The summed E-state index contributed by atoms with van der Waals surface area (Å²) in [5, 5.41) is 10.9. The molecule has 3 nitrogen and oxygen atoms in total. The largest absolute Gasteiger partial charge is 0.310 e. The lowest BCUT2D eigenvalue weighted by molar-refractivity contribution is 1.18. The van der Waals surface area contributed by atoms with E-state index in [1.165, 1.54) is 48.7 Å². The Kier molecular flexibility index (Phi) is 6.86. The Morgan fingerprint density at radius 2 is 0.944 bits per heavy atom. The number of fused-ring (bicyclic) bond motifs is 9. The first kappa shape index (κ1) is 30.4. The van der Waals surface area contributed by atoms with Gasteiger partial charge in [-0.15, -0.1) is 0 Å². The number of rotatable bonds is 5. The summed E-state index contributed by atoms with van der Waals surface area (Å²) in [7, 11) is 0. The molecule has 2 heterocycles. The maximum Gasteiger partial charge on any atom is 0.0788 e. The van der Waals surface area contributed by atoms with E-state index < -0.39 is 0 Å². The minimum atomic E-state index is 0.983. The van der Waals surface area contributed by atoms with E-state index in [-0.39, 0.29) is 0 Å². The fourth-order valence-corrected chi connectivity index (χ4v) is 8.42. The second-order valence-electron chi connectivity index (χ2n) is 14.0. The molecule has 2 aromatic heterocycles. The Bertz CT molecular complexity index is 3130. The van der Waals surface area contributed by atoms with Gasteiger partial charge in [-0.2, -0.15) is 0 Å².